The largest absolute Gasteiger partial charge is 0.436 e. The third-order valence-corrected chi connectivity index (χ3v) is 9.76. The molecular formula is C46H25N5O2. The van der Waals surface area contributed by atoms with Crippen molar-refractivity contribution in [1.82, 2.24) is 14.5 Å². The standard InChI is InChI=1S/C46H25N5O2/c47-26-28-9-13-30(14-10-28)35-20-19-34(25-36(35)31-15-11-29(27-48)12-16-31)51-41-21-17-32(45-49-39-5-1-3-7-43(39)52-45)23-37(41)38-24-33(18-22-42(38)51)46-50-40-6-2-4-8-44(40)53-46/h1-25H. The molecule has 10 aromatic rings. The van der Waals surface area contributed by atoms with Gasteiger partial charge in [-0.1, -0.05) is 54.6 Å². The average molecular weight is 680 g/mol. The molecule has 7 nitrogen and oxygen atoms in total. The van der Waals surface area contributed by atoms with E-state index >= 15 is 0 Å². The molecule has 0 saturated carbocycles. The van der Waals surface area contributed by atoms with Crippen LogP contribution in [0.2, 0.25) is 0 Å². The number of nitriles is 2. The molecule has 53 heavy (non-hydrogen) atoms. The van der Waals surface area contributed by atoms with Crippen LogP contribution in [0.15, 0.2) is 160 Å². The summed E-state index contributed by atoms with van der Waals surface area (Å²) < 4.78 is 14.7. The lowest BCUT2D eigenvalue weighted by atomic mass is 9.93. The Bertz CT molecular complexity index is 2940. The average Bonchev–Trinajstić information content (AvgIpc) is 3.94. The molecule has 3 aromatic heterocycles. The predicted octanol–water partition coefficient (Wildman–Crippen LogP) is 11.5. The van der Waals surface area contributed by atoms with Crippen LogP contribution in [0.1, 0.15) is 11.1 Å². The number of aromatic nitrogens is 3. The summed E-state index contributed by atoms with van der Waals surface area (Å²) in [6, 6.07) is 54.3. The quantitative estimate of drug-likeness (QED) is 0.179. The molecule has 7 aromatic carbocycles. The Hall–Kier alpha value is -7.74. The zero-order valence-electron chi connectivity index (χ0n) is 28.0. The molecule has 0 atom stereocenters. The van der Waals surface area contributed by atoms with Gasteiger partial charge in [0.1, 0.15) is 11.0 Å². The third kappa shape index (κ3) is 5.04. The maximum Gasteiger partial charge on any atom is 0.227 e. The highest BCUT2D eigenvalue weighted by Crippen LogP contribution is 2.40. The lowest BCUT2D eigenvalue weighted by Crippen LogP contribution is -1.96. The molecule has 3 heterocycles. The second-order valence-electron chi connectivity index (χ2n) is 12.9. The molecule has 0 saturated heterocycles. The molecule has 246 valence electrons. The van der Waals surface area contributed by atoms with Crippen LogP contribution in [0.5, 0.6) is 0 Å². The van der Waals surface area contributed by atoms with Crippen LogP contribution >= 0.6 is 0 Å². The van der Waals surface area contributed by atoms with Crippen LogP contribution in [0.3, 0.4) is 0 Å². The number of oxazole rings is 2. The zero-order chi connectivity index (χ0) is 35.5. The molecule has 0 N–H and O–H groups in total. The predicted molar refractivity (Wildman–Crippen MR) is 207 cm³/mol. The van der Waals surface area contributed by atoms with Crippen LogP contribution in [-0.2, 0) is 0 Å². The summed E-state index contributed by atoms with van der Waals surface area (Å²) in [7, 11) is 0. The summed E-state index contributed by atoms with van der Waals surface area (Å²) in [5.74, 6) is 1.11. The SMILES string of the molecule is N#Cc1ccc(-c2ccc(-n3c4ccc(-c5nc6ccccc6o5)cc4c4cc(-c5nc6ccccc6o5)ccc43)cc2-c2ccc(C#N)cc2)cc1. The van der Waals surface area contributed by atoms with Gasteiger partial charge in [0, 0.05) is 27.6 Å². The van der Waals surface area contributed by atoms with E-state index in [1.807, 2.05) is 97.1 Å². The summed E-state index contributed by atoms with van der Waals surface area (Å²) >= 11 is 0. The summed E-state index contributed by atoms with van der Waals surface area (Å²) in [5, 5.41) is 21.0. The Balaban J connectivity index is 1.21. The normalized spacial score (nSPS) is 11.4. The van der Waals surface area contributed by atoms with Crippen molar-refractivity contribution in [3.05, 3.63) is 163 Å². The van der Waals surface area contributed by atoms with E-state index in [-0.39, 0.29) is 0 Å². The first-order chi connectivity index (χ1) is 26.1. The summed E-state index contributed by atoms with van der Waals surface area (Å²) in [6.45, 7) is 0. The van der Waals surface area contributed by atoms with Crippen molar-refractivity contribution in [2.24, 2.45) is 0 Å². The van der Waals surface area contributed by atoms with Crippen molar-refractivity contribution in [2.75, 3.05) is 0 Å². The van der Waals surface area contributed by atoms with Crippen molar-refractivity contribution in [3.8, 4) is 63.0 Å². The van der Waals surface area contributed by atoms with E-state index in [0.29, 0.717) is 22.9 Å². The number of hydrogen-bond donors (Lipinski definition) is 0. The van der Waals surface area contributed by atoms with Crippen molar-refractivity contribution in [2.45, 2.75) is 0 Å². The van der Waals surface area contributed by atoms with Crippen LogP contribution < -0.4 is 0 Å². The molecule has 0 radical (unpaired) electrons. The summed E-state index contributed by atoms with van der Waals surface area (Å²) in [5.41, 5.74) is 13.0. The second-order valence-corrected chi connectivity index (χ2v) is 12.9. The number of para-hydroxylation sites is 4. The molecule has 0 aliphatic carbocycles. The van der Waals surface area contributed by atoms with Crippen molar-refractivity contribution < 1.29 is 8.83 Å². The Labute approximate surface area is 302 Å². The van der Waals surface area contributed by atoms with E-state index in [1.54, 1.807) is 0 Å². The van der Waals surface area contributed by atoms with Crippen molar-refractivity contribution in [1.29, 1.82) is 10.5 Å². The van der Waals surface area contributed by atoms with Gasteiger partial charge in [-0.2, -0.15) is 10.5 Å². The van der Waals surface area contributed by atoms with E-state index in [9.17, 15) is 10.5 Å². The van der Waals surface area contributed by atoms with Gasteiger partial charge in [0.15, 0.2) is 11.2 Å². The fourth-order valence-corrected chi connectivity index (χ4v) is 7.17. The minimum atomic E-state index is 0.555. The van der Waals surface area contributed by atoms with Gasteiger partial charge in [-0.05, 0) is 119 Å². The van der Waals surface area contributed by atoms with Crippen LogP contribution in [0.25, 0.3) is 94.9 Å². The van der Waals surface area contributed by atoms with E-state index in [1.165, 1.54) is 0 Å². The summed E-state index contributed by atoms with van der Waals surface area (Å²) in [6.07, 6.45) is 0. The molecule has 0 unspecified atom stereocenters. The number of rotatable bonds is 5. The van der Waals surface area contributed by atoms with Gasteiger partial charge in [-0.15, -0.1) is 0 Å². The second kappa shape index (κ2) is 11.9. The van der Waals surface area contributed by atoms with Gasteiger partial charge in [-0.25, -0.2) is 9.97 Å². The molecule has 0 spiro atoms. The Morgan fingerprint density at radius 3 is 1.42 bits per heavy atom. The number of hydrogen-bond acceptors (Lipinski definition) is 6. The van der Waals surface area contributed by atoms with Gasteiger partial charge in [0.05, 0.1) is 34.3 Å². The molecule has 7 heteroatoms. The lowest BCUT2D eigenvalue weighted by Gasteiger charge is -2.15. The Morgan fingerprint density at radius 1 is 0.453 bits per heavy atom. The molecule has 0 fully saturated rings. The minimum Gasteiger partial charge on any atom is -0.436 e. The first-order valence-corrected chi connectivity index (χ1v) is 17.1. The topological polar surface area (TPSA) is 105 Å². The maximum absolute atomic E-state index is 9.51. The maximum atomic E-state index is 9.51. The first kappa shape index (κ1) is 30.1. The molecule has 0 aliphatic rings. The highest BCUT2D eigenvalue weighted by atomic mass is 16.4. The van der Waals surface area contributed by atoms with E-state index < -0.39 is 0 Å². The molecule has 10 rings (SSSR count). The Kier molecular flexibility index (Phi) is 6.79. The first-order valence-electron chi connectivity index (χ1n) is 17.1. The molecular weight excluding hydrogens is 655 g/mol. The molecule has 0 aliphatic heterocycles. The monoisotopic (exact) mass is 679 g/mol. The van der Waals surface area contributed by atoms with Gasteiger partial charge < -0.3 is 13.4 Å². The van der Waals surface area contributed by atoms with Gasteiger partial charge in [0.25, 0.3) is 0 Å². The number of fused-ring (bicyclic) bond motifs is 5. The summed E-state index contributed by atoms with van der Waals surface area (Å²) in [4.78, 5) is 9.59. The van der Waals surface area contributed by atoms with Crippen LogP contribution in [0, 0.1) is 22.7 Å². The molecule has 0 bridgehead atoms. The lowest BCUT2D eigenvalue weighted by molar-refractivity contribution is 0.619. The van der Waals surface area contributed by atoms with Gasteiger partial charge in [-0.3, -0.25) is 0 Å². The van der Waals surface area contributed by atoms with Crippen molar-refractivity contribution in [3.63, 3.8) is 0 Å². The van der Waals surface area contributed by atoms with Crippen LogP contribution in [-0.4, -0.2) is 14.5 Å². The fourth-order valence-electron chi connectivity index (χ4n) is 7.17. The zero-order valence-corrected chi connectivity index (χ0v) is 28.0. The highest BCUT2D eigenvalue weighted by Gasteiger charge is 2.19. The third-order valence-electron chi connectivity index (χ3n) is 9.76. The van der Waals surface area contributed by atoms with E-state index in [4.69, 9.17) is 18.8 Å². The van der Waals surface area contributed by atoms with Crippen LogP contribution in [0.4, 0.5) is 0 Å². The van der Waals surface area contributed by atoms with E-state index in [2.05, 4.69) is 71.3 Å². The fraction of sp³-hybridized carbons (Fsp3) is 0. The smallest absolute Gasteiger partial charge is 0.227 e. The van der Waals surface area contributed by atoms with Gasteiger partial charge >= 0.3 is 0 Å². The number of benzene rings is 7. The van der Waals surface area contributed by atoms with Crippen molar-refractivity contribution >= 4 is 44.0 Å². The highest BCUT2D eigenvalue weighted by molar-refractivity contribution is 6.11. The molecule has 0 amide bonds. The number of nitrogens with zero attached hydrogens (tertiary/aromatic N) is 5. The van der Waals surface area contributed by atoms with Gasteiger partial charge in [0.2, 0.25) is 11.8 Å². The Morgan fingerprint density at radius 2 is 0.925 bits per heavy atom. The van der Waals surface area contributed by atoms with E-state index in [0.717, 1.165) is 83.1 Å². The minimum absolute atomic E-state index is 0.555.